The van der Waals surface area contributed by atoms with E-state index in [4.69, 9.17) is 5.73 Å². The van der Waals surface area contributed by atoms with Crippen molar-refractivity contribution in [3.8, 4) is 0 Å². The van der Waals surface area contributed by atoms with Gasteiger partial charge in [-0.3, -0.25) is 0 Å². The molecule has 2 aromatic rings. The summed E-state index contributed by atoms with van der Waals surface area (Å²) >= 11 is 0. The molecular weight excluding hydrogens is 264 g/mol. The number of para-hydroxylation sites is 1. The summed E-state index contributed by atoms with van der Waals surface area (Å²) in [7, 11) is 2.13. The van der Waals surface area contributed by atoms with Gasteiger partial charge in [-0.15, -0.1) is 0 Å². The number of hydrogen-bond donors (Lipinski definition) is 2. The molecule has 1 aliphatic rings. The number of anilines is 4. The Morgan fingerprint density at radius 1 is 1.05 bits per heavy atom. The number of aromatic nitrogens is 2. The Morgan fingerprint density at radius 3 is 2.48 bits per heavy atom. The quantitative estimate of drug-likeness (QED) is 0.891. The summed E-state index contributed by atoms with van der Waals surface area (Å²) in [6.07, 6.45) is 1.56. The van der Waals surface area contributed by atoms with Gasteiger partial charge in [0.1, 0.15) is 12.0 Å². The van der Waals surface area contributed by atoms with Crippen LogP contribution < -0.4 is 16.0 Å². The van der Waals surface area contributed by atoms with Crippen LogP contribution in [0.1, 0.15) is 0 Å². The van der Waals surface area contributed by atoms with Gasteiger partial charge in [0, 0.05) is 31.9 Å². The Morgan fingerprint density at radius 2 is 1.76 bits per heavy atom. The van der Waals surface area contributed by atoms with Crippen molar-refractivity contribution < 1.29 is 0 Å². The molecule has 2 heterocycles. The molecule has 3 N–H and O–H groups in total. The zero-order valence-corrected chi connectivity index (χ0v) is 12.2. The third kappa shape index (κ3) is 3.05. The minimum absolute atomic E-state index is 0.603. The number of nitrogens with one attached hydrogen (secondary N) is 1. The molecule has 1 fully saturated rings. The first-order chi connectivity index (χ1) is 10.2. The minimum atomic E-state index is 0.603. The van der Waals surface area contributed by atoms with Crippen LogP contribution in [0.3, 0.4) is 0 Å². The van der Waals surface area contributed by atoms with Crippen molar-refractivity contribution in [2.75, 3.05) is 49.2 Å². The highest BCUT2D eigenvalue weighted by molar-refractivity contribution is 5.78. The fraction of sp³-hybridized carbons (Fsp3) is 0.333. The van der Waals surface area contributed by atoms with Gasteiger partial charge in [0.05, 0.1) is 0 Å². The van der Waals surface area contributed by atoms with E-state index >= 15 is 0 Å². The van der Waals surface area contributed by atoms with Crippen molar-refractivity contribution >= 4 is 23.0 Å². The normalized spacial score (nSPS) is 16.0. The molecule has 0 radical (unpaired) electrons. The van der Waals surface area contributed by atoms with E-state index in [1.807, 2.05) is 30.3 Å². The second-order valence-electron chi connectivity index (χ2n) is 5.24. The summed E-state index contributed by atoms with van der Waals surface area (Å²) in [5.74, 6) is 1.47. The molecule has 0 bridgehead atoms. The first-order valence-corrected chi connectivity index (χ1v) is 7.10. The van der Waals surface area contributed by atoms with Crippen molar-refractivity contribution in [2.45, 2.75) is 0 Å². The van der Waals surface area contributed by atoms with Gasteiger partial charge in [-0.25, -0.2) is 9.97 Å². The molecule has 0 amide bonds. The Hall–Kier alpha value is -2.34. The number of piperazine rings is 1. The summed E-state index contributed by atoms with van der Waals surface area (Å²) in [6.45, 7) is 3.90. The maximum atomic E-state index is 6.25. The predicted molar refractivity (Wildman–Crippen MR) is 85.9 cm³/mol. The standard InChI is InChI=1S/C15H20N6/c1-20-7-9-21(10-8-20)15-13(16)14(17-11-18-15)19-12-5-3-2-4-6-12/h2-6,11H,7-10,16H2,1H3,(H,17,18,19). The second kappa shape index (κ2) is 5.97. The molecule has 0 unspecified atom stereocenters. The van der Waals surface area contributed by atoms with Crippen LogP contribution >= 0.6 is 0 Å². The number of hydrogen-bond acceptors (Lipinski definition) is 6. The fourth-order valence-corrected chi connectivity index (χ4v) is 2.41. The van der Waals surface area contributed by atoms with Crippen molar-refractivity contribution in [2.24, 2.45) is 0 Å². The van der Waals surface area contributed by atoms with Crippen LogP contribution in [0.25, 0.3) is 0 Å². The van der Waals surface area contributed by atoms with Crippen molar-refractivity contribution in [3.63, 3.8) is 0 Å². The molecule has 0 saturated carbocycles. The van der Waals surface area contributed by atoms with E-state index in [0.717, 1.165) is 37.7 Å². The highest BCUT2D eigenvalue weighted by Crippen LogP contribution is 2.28. The molecule has 6 heteroatoms. The molecule has 3 rings (SSSR count). The van der Waals surface area contributed by atoms with Gasteiger partial charge in [-0.1, -0.05) is 18.2 Å². The van der Waals surface area contributed by atoms with Gasteiger partial charge in [0.25, 0.3) is 0 Å². The van der Waals surface area contributed by atoms with Gasteiger partial charge in [-0.05, 0) is 19.2 Å². The van der Waals surface area contributed by atoms with Crippen LogP contribution in [0.4, 0.5) is 23.0 Å². The highest BCUT2D eigenvalue weighted by Gasteiger charge is 2.19. The number of nitrogens with two attached hydrogens (primary N) is 1. The minimum Gasteiger partial charge on any atom is -0.393 e. The zero-order chi connectivity index (χ0) is 14.7. The van der Waals surface area contributed by atoms with E-state index < -0.39 is 0 Å². The van der Waals surface area contributed by atoms with Crippen LogP contribution in [0.5, 0.6) is 0 Å². The number of rotatable bonds is 3. The number of likely N-dealkylation sites (N-methyl/N-ethyl adjacent to an activating group) is 1. The summed E-state index contributed by atoms with van der Waals surface area (Å²) in [5, 5.41) is 3.25. The van der Waals surface area contributed by atoms with Crippen LogP contribution in [-0.2, 0) is 0 Å². The van der Waals surface area contributed by atoms with Gasteiger partial charge in [0.2, 0.25) is 0 Å². The maximum Gasteiger partial charge on any atom is 0.159 e. The maximum absolute atomic E-state index is 6.25. The van der Waals surface area contributed by atoms with Crippen LogP contribution in [0.15, 0.2) is 36.7 Å². The van der Waals surface area contributed by atoms with E-state index in [0.29, 0.717) is 11.5 Å². The monoisotopic (exact) mass is 284 g/mol. The van der Waals surface area contributed by atoms with E-state index in [-0.39, 0.29) is 0 Å². The Balaban J connectivity index is 1.82. The van der Waals surface area contributed by atoms with E-state index in [1.165, 1.54) is 0 Å². The molecule has 0 aliphatic carbocycles. The molecule has 21 heavy (non-hydrogen) atoms. The van der Waals surface area contributed by atoms with Crippen LogP contribution in [0, 0.1) is 0 Å². The predicted octanol–water partition coefficient (Wildman–Crippen LogP) is 1.55. The summed E-state index contributed by atoms with van der Waals surface area (Å²) in [5.41, 5.74) is 7.82. The smallest absolute Gasteiger partial charge is 0.159 e. The Bertz CT molecular complexity index is 592. The van der Waals surface area contributed by atoms with Gasteiger partial charge in [0.15, 0.2) is 11.6 Å². The molecule has 0 spiro atoms. The molecule has 6 nitrogen and oxygen atoms in total. The lowest BCUT2D eigenvalue weighted by atomic mass is 10.3. The molecule has 1 aromatic carbocycles. The van der Waals surface area contributed by atoms with Gasteiger partial charge >= 0.3 is 0 Å². The van der Waals surface area contributed by atoms with Crippen molar-refractivity contribution in [1.29, 1.82) is 0 Å². The zero-order valence-electron chi connectivity index (χ0n) is 12.2. The largest absolute Gasteiger partial charge is 0.393 e. The molecule has 1 aliphatic heterocycles. The first kappa shape index (κ1) is 13.6. The van der Waals surface area contributed by atoms with E-state index in [2.05, 4.69) is 32.1 Å². The lowest BCUT2D eigenvalue weighted by Crippen LogP contribution is -2.45. The molecule has 1 saturated heterocycles. The summed E-state index contributed by atoms with van der Waals surface area (Å²) < 4.78 is 0. The van der Waals surface area contributed by atoms with E-state index in [9.17, 15) is 0 Å². The SMILES string of the molecule is CN1CCN(c2ncnc(Nc3ccccc3)c2N)CC1. The molecule has 0 atom stereocenters. The van der Waals surface area contributed by atoms with E-state index in [1.54, 1.807) is 6.33 Å². The number of nitrogen functional groups attached to an aromatic ring is 1. The topological polar surface area (TPSA) is 70.3 Å². The first-order valence-electron chi connectivity index (χ1n) is 7.10. The lowest BCUT2D eigenvalue weighted by molar-refractivity contribution is 0.312. The van der Waals surface area contributed by atoms with Gasteiger partial charge in [-0.2, -0.15) is 0 Å². The summed E-state index contributed by atoms with van der Waals surface area (Å²) in [6, 6.07) is 9.89. The molecular formula is C15H20N6. The fourth-order valence-electron chi connectivity index (χ4n) is 2.41. The number of nitrogens with zero attached hydrogens (tertiary/aromatic N) is 4. The average molecular weight is 284 g/mol. The van der Waals surface area contributed by atoms with Crippen LogP contribution in [0.2, 0.25) is 0 Å². The number of benzene rings is 1. The highest BCUT2D eigenvalue weighted by atomic mass is 15.3. The molecule has 1 aromatic heterocycles. The molecule has 110 valence electrons. The van der Waals surface area contributed by atoms with Gasteiger partial charge < -0.3 is 20.9 Å². The Labute approximate surface area is 124 Å². The Kier molecular flexibility index (Phi) is 3.87. The summed E-state index contributed by atoms with van der Waals surface area (Å²) in [4.78, 5) is 13.1. The second-order valence-corrected chi connectivity index (χ2v) is 5.24. The van der Waals surface area contributed by atoms with Crippen molar-refractivity contribution in [3.05, 3.63) is 36.7 Å². The lowest BCUT2D eigenvalue weighted by Gasteiger charge is -2.33. The third-order valence-electron chi connectivity index (χ3n) is 3.70. The van der Waals surface area contributed by atoms with Crippen molar-refractivity contribution in [1.82, 2.24) is 14.9 Å². The third-order valence-corrected chi connectivity index (χ3v) is 3.70. The average Bonchev–Trinajstić information content (AvgIpc) is 2.52. The van der Waals surface area contributed by atoms with Crippen LogP contribution in [-0.4, -0.2) is 48.1 Å².